The number of hydrogen-bond acceptors (Lipinski definition) is 3. The van der Waals surface area contributed by atoms with Gasteiger partial charge in [-0.25, -0.2) is 9.18 Å². The number of carbonyl (C=O) groups is 2. The Bertz CT molecular complexity index is 683. The molecule has 2 aliphatic rings. The largest absolute Gasteiger partial charge is 0.444 e. The highest BCUT2D eigenvalue weighted by Crippen LogP contribution is 2.38. The molecule has 27 heavy (non-hydrogen) atoms. The van der Waals surface area contributed by atoms with E-state index >= 15 is 0 Å². The number of nitrogens with zero attached hydrogens (tertiary/aromatic N) is 1. The van der Waals surface area contributed by atoms with E-state index in [0.29, 0.717) is 12.8 Å². The number of piperidine rings is 2. The highest BCUT2D eigenvalue weighted by molar-refractivity contribution is 5.82. The lowest BCUT2D eigenvalue weighted by Crippen LogP contribution is -2.56. The van der Waals surface area contributed by atoms with Crippen LogP contribution in [0.3, 0.4) is 0 Å². The Balaban J connectivity index is 1.60. The van der Waals surface area contributed by atoms with E-state index in [0.717, 1.165) is 37.7 Å². The van der Waals surface area contributed by atoms with Crippen molar-refractivity contribution >= 4 is 11.9 Å². The van der Waals surface area contributed by atoms with Gasteiger partial charge in [0.1, 0.15) is 17.2 Å². The zero-order chi connectivity index (χ0) is 19.6. The van der Waals surface area contributed by atoms with Gasteiger partial charge in [-0.3, -0.25) is 4.79 Å². The molecule has 2 atom stereocenters. The molecule has 3 rings (SSSR count). The minimum Gasteiger partial charge on any atom is -0.444 e. The van der Waals surface area contributed by atoms with Crippen molar-refractivity contribution in [1.29, 1.82) is 0 Å². The van der Waals surface area contributed by atoms with Gasteiger partial charge in [-0.05, 0) is 77.0 Å². The number of fused-ring (bicyclic) bond motifs is 2. The molecule has 1 aromatic rings. The molecule has 0 N–H and O–H groups in total. The third-order valence-electron chi connectivity index (χ3n) is 5.58. The van der Waals surface area contributed by atoms with Crippen LogP contribution >= 0.6 is 0 Å². The maximum atomic E-state index is 13.3. The minimum absolute atomic E-state index is 0.00690. The number of hydrogen-bond donors (Lipinski definition) is 0. The van der Waals surface area contributed by atoms with Gasteiger partial charge in [0.05, 0.1) is 0 Å². The van der Waals surface area contributed by atoms with Crippen molar-refractivity contribution in [3.63, 3.8) is 0 Å². The summed E-state index contributed by atoms with van der Waals surface area (Å²) in [5, 5.41) is 0. The van der Waals surface area contributed by atoms with Gasteiger partial charge < -0.3 is 9.64 Å². The summed E-state index contributed by atoms with van der Waals surface area (Å²) in [5.41, 5.74) is 0.345. The first kappa shape index (κ1) is 19.8. The van der Waals surface area contributed by atoms with E-state index < -0.39 is 5.60 Å². The third-order valence-corrected chi connectivity index (χ3v) is 5.58. The van der Waals surface area contributed by atoms with Crippen molar-refractivity contribution in [2.45, 2.75) is 83.4 Å². The number of Topliss-reactive ketones (excluding diaryl/α,β-unsaturated/α-hetero) is 1. The second kappa shape index (κ2) is 7.99. The number of ketones is 1. The molecule has 2 aliphatic heterocycles. The Hall–Kier alpha value is -1.91. The van der Waals surface area contributed by atoms with Crippen molar-refractivity contribution < 1.29 is 18.7 Å². The SMILES string of the molecule is CC(C)(C)OC(=O)N1C2CCCC1CC(C(=O)CCc1cccc(F)c1)C2. The Morgan fingerprint density at radius 3 is 2.44 bits per heavy atom. The number of halogens is 1. The highest BCUT2D eigenvalue weighted by Gasteiger charge is 2.44. The van der Waals surface area contributed by atoms with Crippen LogP contribution in [0.1, 0.15) is 64.9 Å². The maximum Gasteiger partial charge on any atom is 0.410 e. The van der Waals surface area contributed by atoms with E-state index in [9.17, 15) is 14.0 Å². The highest BCUT2D eigenvalue weighted by atomic mass is 19.1. The molecule has 148 valence electrons. The molecule has 0 aliphatic carbocycles. The predicted octanol–water partition coefficient (Wildman–Crippen LogP) is 4.90. The first-order valence-electron chi connectivity index (χ1n) is 10.0. The van der Waals surface area contributed by atoms with Crippen molar-refractivity contribution in [3.8, 4) is 0 Å². The van der Waals surface area contributed by atoms with Crippen LogP contribution < -0.4 is 0 Å². The van der Waals surface area contributed by atoms with Crippen LogP contribution in [0.4, 0.5) is 9.18 Å². The number of benzene rings is 1. The Morgan fingerprint density at radius 2 is 1.85 bits per heavy atom. The molecule has 2 fully saturated rings. The fourth-order valence-corrected chi connectivity index (χ4v) is 4.42. The summed E-state index contributed by atoms with van der Waals surface area (Å²) < 4.78 is 18.9. The molecule has 0 saturated carbocycles. The molecule has 2 heterocycles. The number of carbonyl (C=O) groups excluding carboxylic acids is 2. The molecule has 0 spiro atoms. The van der Waals surface area contributed by atoms with Crippen LogP contribution in [-0.4, -0.2) is 34.5 Å². The van der Waals surface area contributed by atoms with Crippen LogP contribution in [0, 0.1) is 11.7 Å². The summed E-state index contributed by atoms with van der Waals surface area (Å²) in [6.45, 7) is 5.64. The molecule has 2 saturated heterocycles. The lowest BCUT2D eigenvalue weighted by molar-refractivity contribution is -0.127. The van der Waals surface area contributed by atoms with Crippen molar-refractivity contribution in [2.75, 3.05) is 0 Å². The van der Waals surface area contributed by atoms with Gasteiger partial charge in [0, 0.05) is 24.4 Å². The lowest BCUT2D eigenvalue weighted by atomic mass is 9.76. The van der Waals surface area contributed by atoms with Crippen molar-refractivity contribution in [1.82, 2.24) is 4.90 Å². The summed E-state index contributed by atoms with van der Waals surface area (Å²) in [4.78, 5) is 27.3. The number of ether oxygens (including phenoxy) is 1. The Kier molecular flexibility index (Phi) is 5.87. The molecule has 2 unspecified atom stereocenters. The zero-order valence-corrected chi connectivity index (χ0v) is 16.5. The van der Waals surface area contributed by atoms with Gasteiger partial charge in [0.15, 0.2) is 0 Å². The van der Waals surface area contributed by atoms with Gasteiger partial charge >= 0.3 is 6.09 Å². The molecule has 2 bridgehead atoms. The average molecular weight is 375 g/mol. The molecule has 1 amide bonds. The van der Waals surface area contributed by atoms with Gasteiger partial charge in [-0.2, -0.15) is 0 Å². The van der Waals surface area contributed by atoms with Crippen LogP contribution in [-0.2, 0) is 16.0 Å². The third kappa shape index (κ3) is 5.08. The number of rotatable bonds is 4. The molecule has 4 nitrogen and oxygen atoms in total. The van der Waals surface area contributed by atoms with E-state index in [1.54, 1.807) is 6.07 Å². The summed E-state index contributed by atoms with van der Waals surface area (Å²) in [6, 6.07) is 6.63. The Morgan fingerprint density at radius 1 is 1.19 bits per heavy atom. The normalized spacial score (nSPS) is 25.2. The van der Waals surface area contributed by atoms with E-state index in [1.807, 2.05) is 31.7 Å². The van der Waals surface area contributed by atoms with Crippen LogP contribution in [0.5, 0.6) is 0 Å². The van der Waals surface area contributed by atoms with Crippen molar-refractivity contribution in [2.24, 2.45) is 5.92 Å². The summed E-state index contributed by atoms with van der Waals surface area (Å²) in [5.74, 6) is -0.0345. The fourth-order valence-electron chi connectivity index (χ4n) is 4.42. The predicted molar refractivity (Wildman–Crippen MR) is 102 cm³/mol. The minimum atomic E-state index is -0.511. The Labute approximate surface area is 161 Å². The first-order valence-corrected chi connectivity index (χ1v) is 10.0. The maximum absolute atomic E-state index is 13.3. The summed E-state index contributed by atoms with van der Waals surface area (Å²) >= 11 is 0. The van der Waals surface area contributed by atoms with E-state index in [-0.39, 0.29) is 35.7 Å². The molecular weight excluding hydrogens is 345 g/mol. The van der Waals surface area contributed by atoms with Crippen LogP contribution in [0.2, 0.25) is 0 Å². The topological polar surface area (TPSA) is 46.6 Å². The molecule has 1 aromatic carbocycles. The average Bonchev–Trinajstić information content (AvgIpc) is 2.57. The van der Waals surface area contributed by atoms with Crippen LogP contribution in [0.25, 0.3) is 0 Å². The lowest BCUT2D eigenvalue weighted by Gasteiger charge is -2.48. The standard InChI is InChI=1S/C22H30FNO3/c1-22(2,3)27-21(26)24-18-8-5-9-19(24)14-16(13-18)20(25)11-10-15-6-4-7-17(23)12-15/h4,6-7,12,16,18-19H,5,8-11,13-14H2,1-3H3. The van der Waals surface area contributed by atoms with E-state index in [4.69, 9.17) is 4.74 Å². The molecular formula is C22H30FNO3. The van der Waals surface area contributed by atoms with Crippen molar-refractivity contribution in [3.05, 3.63) is 35.6 Å². The second-order valence-electron chi connectivity index (χ2n) is 8.89. The smallest absolute Gasteiger partial charge is 0.410 e. The summed E-state index contributed by atoms with van der Waals surface area (Å²) in [7, 11) is 0. The van der Waals surface area contributed by atoms with Gasteiger partial charge in [0.2, 0.25) is 0 Å². The first-order chi connectivity index (χ1) is 12.7. The molecule has 0 aromatic heterocycles. The molecule has 5 heteroatoms. The zero-order valence-electron chi connectivity index (χ0n) is 16.5. The monoisotopic (exact) mass is 375 g/mol. The van der Waals surface area contributed by atoms with Gasteiger partial charge in [-0.15, -0.1) is 0 Å². The number of amides is 1. The summed E-state index contributed by atoms with van der Waals surface area (Å²) in [6.07, 6.45) is 5.15. The fraction of sp³-hybridized carbons (Fsp3) is 0.636. The van der Waals surface area contributed by atoms with E-state index in [2.05, 4.69) is 0 Å². The quantitative estimate of drug-likeness (QED) is 0.752. The number of aryl methyl sites for hydroxylation is 1. The van der Waals surface area contributed by atoms with Gasteiger partial charge in [-0.1, -0.05) is 12.1 Å². The molecule has 0 radical (unpaired) electrons. The second-order valence-corrected chi connectivity index (χ2v) is 8.89. The van der Waals surface area contributed by atoms with E-state index in [1.165, 1.54) is 12.1 Å². The van der Waals surface area contributed by atoms with Gasteiger partial charge in [0.25, 0.3) is 0 Å². The van der Waals surface area contributed by atoms with Crippen LogP contribution in [0.15, 0.2) is 24.3 Å².